The summed E-state index contributed by atoms with van der Waals surface area (Å²) in [6.07, 6.45) is 2.74. The van der Waals surface area contributed by atoms with Crippen LogP contribution in [-0.4, -0.2) is 77.5 Å². The van der Waals surface area contributed by atoms with Crippen LogP contribution in [-0.2, 0) is 30.5 Å². The van der Waals surface area contributed by atoms with Crippen LogP contribution in [0.5, 0.6) is 46.0 Å². The number of carboxylic acids is 1. The van der Waals surface area contributed by atoms with Gasteiger partial charge in [-0.15, -0.1) is 24.8 Å². The van der Waals surface area contributed by atoms with Crippen LogP contribution in [0.25, 0.3) is 0 Å². The molecule has 4 aliphatic rings. The van der Waals surface area contributed by atoms with Gasteiger partial charge in [-0.25, -0.2) is 0 Å². The van der Waals surface area contributed by atoms with Gasteiger partial charge in [-0.1, -0.05) is 18.2 Å². The third-order valence-corrected chi connectivity index (χ3v) is 10.7. The molecule has 3 atom stereocenters. The molecular formula is C40H46Cl2N2O8. The molecule has 4 aromatic rings. The van der Waals surface area contributed by atoms with Crippen molar-refractivity contribution in [3.05, 3.63) is 94.0 Å². The van der Waals surface area contributed by atoms with Gasteiger partial charge in [0.15, 0.2) is 34.5 Å². The highest BCUT2D eigenvalue weighted by molar-refractivity contribution is 5.85. The second kappa shape index (κ2) is 15.7. The Hall–Kier alpha value is -4.35. The largest absolute Gasteiger partial charge is 0.544 e. The van der Waals surface area contributed by atoms with E-state index in [4.69, 9.17) is 28.4 Å². The highest BCUT2D eigenvalue weighted by Crippen LogP contribution is 2.53. The van der Waals surface area contributed by atoms with Crippen molar-refractivity contribution < 1.29 is 42.8 Å². The lowest BCUT2D eigenvalue weighted by molar-refractivity contribution is -0.936. The average molecular weight is 754 g/mol. The molecule has 4 heterocycles. The lowest BCUT2D eigenvalue weighted by Crippen LogP contribution is -2.56. The number of quaternary nitrogens is 1. The fourth-order valence-corrected chi connectivity index (χ4v) is 7.99. The SMILES string of the molecule is COc1ccc2cc1Oc1ccc(cc1)CC1c3cc(c(OC)cc3CCN1C)Oc1c(OC)c(OC)cc3c1C(C2)[N+](C)(CC(=O)[O-])CC3.Cl.Cl. The molecule has 4 aliphatic heterocycles. The topological polar surface area (TPSA) is 98.8 Å². The first-order chi connectivity index (χ1) is 24.1. The van der Waals surface area contributed by atoms with Gasteiger partial charge in [0.1, 0.15) is 18.3 Å². The lowest BCUT2D eigenvalue weighted by Gasteiger charge is -2.46. The van der Waals surface area contributed by atoms with Crippen molar-refractivity contribution in [1.82, 2.24) is 4.90 Å². The third-order valence-electron chi connectivity index (χ3n) is 10.7. The quantitative estimate of drug-likeness (QED) is 0.211. The van der Waals surface area contributed by atoms with Crippen LogP contribution in [0.1, 0.15) is 45.5 Å². The zero-order valence-corrected chi connectivity index (χ0v) is 32.0. The molecule has 0 amide bonds. The zero-order chi connectivity index (χ0) is 35.2. The van der Waals surface area contributed by atoms with Crippen LogP contribution >= 0.6 is 24.8 Å². The van der Waals surface area contributed by atoms with Gasteiger partial charge in [0.2, 0.25) is 5.75 Å². The van der Waals surface area contributed by atoms with Crippen LogP contribution < -0.4 is 33.5 Å². The Morgan fingerprint density at radius 3 is 2.15 bits per heavy atom. The minimum atomic E-state index is -1.12. The molecule has 0 fully saturated rings. The average Bonchev–Trinajstić information content (AvgIpc) is 3.10. The van der Waals surface area contributed by atoms with Gasteiger partial charge in [0.25, 0.3) is 0 Å². The van der Waals surface area contributed by atoms with Gasteiger partial charge in [0, 0.05) is 25.4 Å². The number of methoxy groups -OCH3 is 4. The van der Waals surface area contributed by atoms with Gasteiger partial charge < -0.3 is 42.8 Å². The van der Waals surface area contributed by atoms with Gasteiger partial charge in [-0.05, 0) is 90.2 Å². The lowest BCUT2D eigenvalue weighted by atomic mass is 9.85. The molecular weight excluding hydrogens is 707 g/mol. The second-order valence-corrected chi connectivity index (χ2v) is 13.7. The third kappa shape index (κ3) is 7.17. The Balaban J connectivity index is 0.00000261. The summed E-state index contributed by atoms with van der Waals surface area (Å²) in [5, 5.41) is 12.3. The smallest absolute Gasteiger partial charge is 0.204 e. The van der Waals surface area contributed by atoms with E-state index in [0.29, 0.717) is 65.4 Å². The number of hydrogen-bond donors (Lipinski definition) is 0. The van der Waals surface area contributed by atoms with E-state index in [0.717, 1.165) is 36.1 Å². The molecule has 0 radical (unpaired) electrons. The summed E-state index contributed by atoms with van der Waals surface area (Å²) in [5.74, 6) is 3.36. The molecule has 0 spiro atoms. The Kier molecular flexibility index (Phi) is 11.7. The number of carbonyl (C=O) groups excluding carboxylic acids is 1. The normalized spacial score (nSPS) is 20.3. The maximum atomic E-state index is 12.3. The Morgan fingerprint density at radius 2 is 1.48 bits per heavy atom. The molecule has 0 N–H and O–H groups in total. The van der Waals surface area contributed by atoms with E-state index >= 15 is 0 Å². The number of likely N-dealkylation sites (N-methyl/N-ethyl adjacent to an activating group) is 2. The van der Waals surface area contributed by atoms with Crippen molar-refractivity contribution in [2.24, 2.45) is 0 Å². The molecule has 0 saturated heterocycles. The minimum absolute atomic E-state index is 0. The molecule has 0 saturated carbocycles. The van der Waals surface area contributed by atoms with Crippen LogP contribution in [0.3, 0.4) is 0 Å². The van der Waals surface area contributed by atoms with Crippen molar-refractivity contribution in [1.29, 1.82) is 0 Å². The fourth-order valence-electron chi connectivity index (χ4n) is 7.99. The first-order valence-electron chi connectivity index (χ1n) is 17.0. The number of fused-ring (bicyclic) bond motifs is 2. The van der Waals surface area contributed by atoms with E-state index in [2.05, 4.69) is 36.2 Å². The highest BCUT2D eigenvalue weighted by atomic mass is 35.5. The number of ether oxygens (including phenoxy) is 6. The van der Waals surface area contributed by atoms with Gasteiger partial charge in [-0.2, -0.15) is 0 Å². The minimum Gasteiger partial charge on any atom is -0.544 e. The second-order valence-electron chi connectivity index (χ2n) is 13.7. The predicted octanol–water partition coefficient (Wildman–Crippen LogP) is 6.27. The molecule has 0 aromatic heterocycles. The maximum Gasteiger partial charge on any atom is 0.204 e. The molecule has 8 rings (SSSR count). The van der Waals surface area contributed by atoms with Crippen molar-refractivity contribution in [2.75, 3.05) is 62.2 Å². The van der Waals surface area contributed by atoms with Gasteiger partial charge in [0.05, 0.1) is 53.6 Å². The Bertz CT molecular complexity index is 1940. The van der Waals surface area contributed by atoms with E-state index in [9.17, 15) is 9.90 Å². The number of carboxylic acid groups (broad SMARTS) is 1. The number of halogens is 2. The molecule has 12 heteroatoms. The van der Waals surface area contributed by atoms with Crippen LogP contribution in [0.2, 0.25) is 0 Å². The monoisotopic (exact) mass is 752 g/mol. The number of rotatable bonds is 6. The highest BCUT2D eigenvalue weighted by Gasteiger charge is 2.44. The van der Waals surface area contributed by atoms with E-state index in [1.54, 1.807) is 28.4 Å². The summed E-state index contributed by atoms with van der Waals surface area (Å²) in [4.78, 5) is 14.7. The van der Waals surface area contributed by atoms with Crippen LogP contribution in [0.15, 0.2) is 60.7 Å². The van der Waals surface area contributed by atoms with E-state index in [-0.39, 0.29) is 47.9 Å². The van der Waals surface area contributed by atoms with E-state index in [1.807, 2.05) is 43.4 Å². The predicted molar refractivity (Wildman–Crippen MR) is 200 cm³/mol. The Labute approximate surface area is 317 Å². The molecule has 10 nitrogen and oxygen atoms in total. The summed E-state index contributed by atoms with van der Waals surface area (Å²) >= 11 is 0. The number of nitrogens with zero attached hydrogens (tertiary/aromatic N) is 2. The first kappa shape index (κ1) is 38.9. The van der Waals surface area contributed by atoms with Crippen molar-refractivity contribution in [3.63, 3.8) is 0 Å². The van der Waals surface area contributed by atoms with Gasteiger partial charge in [-0.3, -0.25) is 4.90 Å². The summed E-state index contributed by atoms with van der Waals surface area (Å²) in [5.41, 5.74) is 6.37. The van der Waals surface area contributed by atoms with Gasteiger partial charge >= 0.3 is 0 Å². The Morgan fingerprint density at radius 1 is 0.808 bits per heavy atom. The first-order valence-corrected chi connectivity index (χ1v) is 17.0. The van der Waals surface area contributed by atoms with E-state index in [1.165, 1.54) is 16.7 Å². The van der Waals surface area contributed by atoms with Crippen LogP contribution in [0, 0.1) is 0 Å². The zero-order valence-electron chi connectivity index (χ0n) is 30.4. The molecule has 6 bridgehead atoms. The van der Waals surface area contributed by atoms with E-state index < -0.39 is 5.97 Å². The molecule has 0 aliphatic carbocycles. The summed E-state index contributed by atoms with van der Waals surface area (Å²) in [7, 11) is 10.6. The molecule has 4 aromatic carbocycles. The standard InChI is InChI=1S/C40H44N2O8.2ClH/c1-41-15-13-26-20-33(46-4)35-22-29(26)30(41)17-24-7-10-28(11-8-24)49-34-19-25(9-12-32(34)45-3)18-31-38-27(14-16-42(31,2)23-37(43)44)21-36(47-5)39(48-6)40(38)50-35;;/h7-12,19-22,30-31H,13-18,23H2,1-6H3;2*1H. The summed E-state index contributed by atoms with van der Waals surface area (Å²) < 4.78 is 37.3. The van der Waals surface area contributed by atoms with Crippen molar-refractivity contribution >= 4 is 30.8 Å². The molecule has 52 heavy (non-hydrogen) atoms. The molecule has 3 unspecified atom stereocenters. The summed E-state index contributed by atoms with van der Waals surface area (Å²) in [6.45, 7) is 1.30. The number of carbonyl (C=O) groups is 1. The number of aliphatic carboxylic acids is 1. The summed E-state index contributed by atoms with van der Waals surface area (Å²) in [6, 6.07) is 20.0. The number of benzene rings is 4. The maximum absolute atomic E-state index is 12.3. The number of hydrogen-bond acceptors (Lipinski definition) is 9. The fraction of sp³-hybridized carbons (Fsp3) is 0.375. The van der Waals surface area contributed by atoms with Crippen molar-refractivity contribution in [3.8, 4) is 46.0 Å². The van der Waals surface area contributed by atoms with Crippen molar-refractivity contribution in [2.45, 2.75) is 37.8 Å². The molecule has 278 valence electrons. The van der Waals surface area contributed by atoms with Crippen LogP contribution in [0.4, 0.5) is 0 Å².